The minimum absolute atomic E-state index is 0.0314. The summed E-state index contributed by atoms with van der Waals surface area (Å²) in [6, 6.07) is 5.79. The Kier molecular flexibility index (Phi) is 5.52. The number of ether oxygens (including phenoxy) is 2. The number of aromatic nitrogens is 2. The summed E-state index contributed by atoms with van der Waals surface area (Å²) >= 11 is 1.41. The second-order valence-electron chi connectivity index (χ2n) is 4.69. The highest BCUT2D eigenvalue weighted by molar-refractivity contribution is 7.05. The summed E-state index contributed by atoms with van der Waals surface area (Å²) in [5, 5.41) is 7.68. The predicted molar refractivity (Wildman–Crippen MR) is 84.3 cm³/mol. The van der Waals surface area contributed by atoms with Gasteiger partial charge in [0.25, 0.3) is 0 Å². The minimum atomic E-state index is -0.0314. The van der Waals surface area contributed by atoms with Crippen LogP contribution in [0, 0.1) is 6.92 Å². The lowest BCUT2D eigenvalue weighted by atomic mass is 10.0. The molecule has 1 heterocycles. The van der Waals surface area contributed by atoms with E-state index in [1.54, 1.807) is 14.2 Å². The van der Waals surface area contributed by atoms with Crippen LogP contribution in [-0.4, -0.2) is 30.4 Å². The van der Waals surface area contributed by atoms with E-state index in [0.717, 1.165) is 40.6 Å². The molecule has 1 aromatic carbocycles. The van der Waals surface area contributed by atoms with E-state index in [4.69, 9.17) is 9.47 Å². The Balaban J connectivity index is 2.53. The Morgan fingerprint density at radius 3 is 2.38 bits per heavy atom. The topological polar surface area (TPSA) is 56.3 Å². The fourth-order valence-corrected chi connectivity index (χ4v) is 3.01. The third-order valence-electron chi connectivity index (χ3n) is 3.30. The molecule has 21 heavy (non-hydrogen) atoms. The van der Waals surface area contributed by atoms with Crippen LogP contribution in [-0.2, 0) is 0 Å². The van der Waals surface area contributed by atoms with Crippen LogP contribution in [0.3, 0.4) is 0 Å². The van der Waals surface area contributed by atoms with Crippen LogP contribution in [0.4, 0.5) is 0 Å². The predicted octanol–water partition coefficient (Wildman–Crippen LogP) is 2.95. The molecule has 2 rings (SSSR count). The van der Waals surface area contributed by atoms with Crippen molar-refractivity contribution in [3.63, 3.8) is 0 Å². The first-order valence-corrected chi connectivity index (χ1v) is 7.73. The number of benzene rings is 1. The SMILES string of the molecule is CCCNC(c1snnc1C)c1c(OC)cccc1OC. The summed E-state index contributed by atoms with van der Waals surface area (Å²) in [6.07, 6.45) is 1.04. The van der Waals surface area contributed by atoms with Crippen molar-refractivity contribution in [1.82, 2.24) is 14.9 Å². The van der Waals surface area contributed by atoms with Gasteiger partial charge in [-0.2, -0.15) is 0 Å². The number of hydrogen-bond acceptors (Lipinski definition) is 6. The van der Waals surface area contributed by atoms with Crippen LogP contribution >= 0.6 is 11.5 Å². The van der Waals surface area contributed by atoms with Crippen molar-refractivity contribution in [3.05, 3.63) is 34.3 Å². The van der Waals surface area contributed by atoms with Gasteiger partial charge in [-0.1, -0.05) is 17.5 Å². The standard InChI is InChI=1S/C15H21N3O2S/c1-5-9-16-14(15-10(2)17-18-21-15)13-11(19-3)7-6-8-12(13)20-4/h6-8,14,16H,5,9H2,1-4H3. The maximum absolute atomic E-state index is 5.53. The van der Waals surface area contributed by atoms with Gasteiger partial charge in [0.15, 0.2) is 0 Å². The Hall–Kier alpha value is -1.66. The summed E-state index contributed by atoms with van der Waals surface area (Å²) in [5.74, 6) is 1.60. The van der Waals surface area contributed by atoms with Crippen LogP contribution < -0.4 is 14.8 Å². The highest BCUT2D eigenvalue weighted by atomic mass is 32.1. The smallest absolute Gasteiger partial charge is 0.127 e. The summed E-state index contributed by atoms with van der Waals surface area (Å²) in [4.78, 5) is 1.09. The molecule has 0 aliphatic carbocycles. The molecule has 0 amide bonds. The molecule has 5 nitrogen and oxygen atoms in total. The first-order valence-electron chi connectivity index (χ1n) is 6.96. The molecule has 0 bridgehead atoms. The highest BCUT2D eigenvalue weighted by Gasteiger charge is 2.25. The molecule has 0 fully saturated rings. The summed E-state index contributed by atoms with van der Waals surface area (Å²) < 4.78 is 15.1. The zero-order valence-electron chi connectivity index (χ0n) is 12.8. The summed E-state index contributed by atoms with van der Waals surface area (Å²) in [6.45, 7) is 5.01. The Bertz CT molecular complexity index is 564. The van der Waals surface area contributed by atoms with Gasteiger partial charge in [0.2, 0.25) is 0 Å². The van der Waals surface area contributed by atoms with Gasteiger partial charge in [-0.25, -0.2) is 0 Å². The van der Waals surface area contributed by atoms with E-state index in [2.05, 4.69) is 21.8 Å². The van der Waals surface area contributed by atoms with Crippen LogP contribution in [0.1, 0.15) is 35.5 Å². The lowest BCUT2D eigenvalue weighted by Crippen LogP contribution is -2.24. The van der Waals surface area contributed by atoms with E-state index in [0.29, 0.717) is 0 Å². The van der Waals surface area contributed by atoms with E-state index in [9.17, 15) is 0 Å². The number of rotatable bonds is 7. The third kappa shape index (κ3) is 3.33. The zero-order chi connectivity index (χ0) is 15.2. The maximum Gasteiger partial charge on any atom is 0.127 e. The average Bonchev–Trinajstić information content (AvgIpc) is 2.93. The van der Waals surface area contributed by atoms with Crippen molar-refractivity contribution in [2.24, 2.45) is 0 Å². The Morgan fingerprint density at radius 1 is 1.24 bits per heavy atom. The van der Waals surface area contributed by atoms with Gasteiger partial charge >= 0.3 is 0 Å². The third-order valence-corrected chi connectivity index (χ3v) is 4.19. The molecule has 1 aromatic heterocycles. The minimum Gasteiger partial charge on any atom is -0.496 e. The number of nitrogens with zero attached hydrogens (tertiary/aromatic N) is 2. The molecule has 1 N–H and O–H groups in total. The Labute approximate surface area is 129 Å². The quantitative estimate of drug-likeness (QED) is 0.852. The van der Waals surface area contributed by atoms with Crippen molar-refractivity contribution >= 4 is 11.5 Å². The van der Waals surface area contributed by atoms with Crippen molar-refractivity contribution in [3.8, 4) is 11.5 Å². The Morgan fingerprint density at radius 2 is 1.90 bits per heavy atom. The molecule has 0 saturated heterocycles. The van der Waals surface area contributed by atoms with E-state index >= 15 is 0 Å². The fourth-order valence-electron chi connectivity index (χ4n) is 2.28. The monoisotopic (exact) mass is 307 g/mol. The van der Waals surface area contributed by atoms with Gasteiger partial charge in [-0.05, 0) is 43.6 Å². The molecule has 2 aromatic rings. The van der Waals surface area contributed by atoms with Crippen LogP contribution in [0.25, 0.3) is 0 Å². The van der Waals surface area contributed by atoms with Gasteiger partial charge < -0.3 is 14.8 Å². The first-order chi connectivity index (χ1) is 10.2. The molecule has 0 aliphatic rings. The van der Waals surface area contributed by atoms with E-state index in [1.807, 2.05) is 25.1 Å². The molecule has 1 unspecified atom stereocenters. The number of nitrogens with one attached hydrogen (secondary N) is 1. The van der Waals surface area contributed by atoms with E-state index < -0.39 is 0 Å². The van der Waals surface area contributed by atoms with Gasteiger partial charge in [-0.15, -0.1) is 5.10 Å². The normalized spacial score (nSPS) is 12.2. The molecule has 1 atom stereocenters. The van der Waals surface area contributed by atoms with Crippen LogP contribution in [0.15, 0.2) is 18.2 Å². The molecule has 0 aliphatic heterocycles. The summed E-state index contributed by atoms with van der Waals surface area (Å²) in [7, 11) is 3.35. The van der Waals surface area contributed by atoms with Crippen molar-refractivity contribution in [2.75, 3.05) is 20.8 Å². The maximum atomic E-state index is 5.53. The van der Waals surface area contributed by atoms with Gasteiger partial charge in [0, 0.05) is 0 Å². The molecule has 114 valence electrons. The largest absolute Gasteiger partial charge is 0.496 e. The van der Waals surface area contributed by atoms with Gasteiger partial charge in [0.1, 0.15) is 11.5 Å². The molecular weight excluding hydrogens is 286 g/mol. The molecule has 0 saturated carbocycles. The fraction of sp³-hybridized carbons (Fsp3) is 0.467. The van der Waals surface area contributed by atoms with Crippen LogP contribution in [0.5, 0.6) is 11.5 Å². The average molecular weight is 307 g/mol. The van der Waals surface area contributed by atoms with Gasteiger partial charge in [0.05, 0.1) is 36.4 Å². The number of methoxy groups -OCH3 is 2. The molecule has 6 heteroatoms. The highest BCUT2D eigenvalue weighted by Crippen LogP contribution is 2.39. The molecule has 0 spiro atoms. The molecule has 0 radical (unpaired) electrons. The van der Waals surface area contributed by atoms with Crippen LogP contribution in [0.2, 0.25) is 0 Å². The number of aryl methyl sites for hydroxylation is 1. The first kappa shape index (κ1) is 15.7. The summed E-state index contributed by atoms with van der Waals surface area (Å²) in [5.41, 5.74) is 1.92. The second kappa shape index (κ2) is 7.38. The van der Waals surface area contributed by atoms with Gasteiger partial charge in [-0.3, -0.25) is 0 Å². The molecular formula is C15H21N3O2S. The van der Waals surface area contributed by atoms with Crippen molar-refractivity contribution in [1.29, 1.82) is 0 Å². The van der Waals surface area contributed by atoms with Crippen molar-refractivity contribution < 1.29 is 9.47 Å². The zero-order valence-corrected chi connectivity index (χ0v) is 13.7. The van der Waals surface area contributed by atoms with Crippen molar-refractivity contribution in [2.45, 2.75) is 26.3 Å². The number of hydrogen-bond donors (Lipinski definition) is 1. The lowest BCUT2D eigenvalue weighted by Gasteiger charge is -2.22. The second-order valence-corrected chi connectivity index (χ2v) is 5.47. The lowest BCUT2D eigenvalue weighted by molar-refractivity contribution is 0.377. The van der Waals surface area contributed by atoms with E-state index in [1.165, 1.54) is 11.5 Å². The van der Waals surface area contributed by atoms with E-state index in [-0.39, 0.29) is 6.04 Å².